The predicted molar refractivity (Wildman–Crippen MR) is 202 cm³/mol. The lowest BCUT2D eigenvalue weighted by molar-refractivity contribution is -0.145. The molecule has 15 heteroatoms. The van der Waals surface area contributed by atoms with E-state index < -0.39 is 74.6 Å². The minimum Gasteiger partial charge on any atom is -0.497 e. The maximum absolute atomic E-state index is 14.5. The molecule has 0 radical (unpaired) electrons. The van der Waals surface area contributed by atoms with Gasteiger partial charge in [-0.2, -0.15) is 4.31 Å². The fourth-order valence-corrected chi connectivity index (χ4v) is 8.19. The van der Waals surface area contributed by atoms with Crippen LogP contribution in [0.5, 0.6) is 5.75 Å². The molecule has 1 heterocycles. The standard InChI is InChI=1S/C38H60N6O8S/c1-13-15-26(30(45)33(47)39-20-14-2)40-32(46)29-28-25(38(28,9)10)21-44(29)34(48)31(37(6,7)8)42-35(49)41-27(36(3,4)5)22-43(11)53(50,51)24-18-16-23(52-12)17-19-24/h14,16-19,25-29,31H,2,13,15,20-22H2,1,3-12H3,(H,39,47)(H,40,46)(H2,41,42,49)/t25-,26?,27+,28-,29-,31+/m0/s1. The van der Waals surface area contributed by atoms with E-state index in [-0.39, 0.29) is 48.2 Å². The van der Waals surface area contributed by atoms with Crippen molar-refractivity contribution in [3.63, 3.8) is 0 Å². The summed E-state index contributed by atoms with van der Waals surface area (Å²) in [5, 5.41) is 11.0. The Labute approximate surface area is 315 Å². The number of amides is 5. The lowest BCUT2D eigenvalue weighted by Crippen LogP contribution is -2.62. The second-order valence-electron chi connectivity index (χ2n) is 16.9. The first-order valence-corrected chi connectivity index (χ1v) is 19.6. The number of carbonyl (C=O) groups excluding carboxylic acids is 5. The van der Waals surface area contributed by atoms with E-state index in [1.165, 1.54) is 41.6 Å². The van der Waals surface area contributed by atoms with Crippen molar-refractivity contribution in [2.75, 3.05) is 33.8 Å². The molecule has 6 atom stereocenters. The second kappa shape index (κ2) is 16.6. The average molecular weight is 761 g/mol. The molecule has 1 aromatic carbocycles. The van der Waals surface area contributed by atoms with Crippen LogP contribution in [0, 0.1) is 28.1 Å². The van der Waals surface area contributed by atoms with Crippen LogP contribution in [-0.4, -0.2) is 105 Å². The topological polar surface area (TPSA) is 183 Å². The third kappa shape index (κ3) is 9.97. The molecule has 1 aliphatic heterocycles. The highest BCUT2D eigenvalue weighted by Gasteiger charge is 2.70. The molecule has 2 aliphatic rings. The molecule has 2 fully saturated rings. The molecule has 1 saturated heterocycles. The molecule has 1 aliphatic carbocycles. The highest BCUT2D eigenvalue weighted by Crippen LogP contribution is 2.65. The molecule has 296 valence electrons. The number of piperidine rings is 1. The van der Waals surface area contributed by atoms with E-state index in [1.807, 2.05) is 41.5 Å². The maximum atomic E-state index is 14.5. The van der Waals surface area contributed by atoms with Gasteiger partial charge in [-0.3, -0.25) is 19.2 Å². The quantitative estimate of drug-likeness (QED) is 0.146. The maximum Gasteiger partial charge on any atom is 0.315 e. The third-order valence-electron chi connectivity index (χ3n) is 10.5. The lowest BCUT2D eigenvalue weighted by atomic mass is 9.85. The van der Waals surface area contributed by atoms with Crippen molar-refractivity contribution in [2.24, 2.45) is 28.1 Å². The molecule has 0 aromatic heterocycles. The third-order valence-corrected chi connectivity index (χ3v) is 12.4. The number of hydrogen-bond acceptors (Lipinski definition) is 8. The predicted octanol–water partition coefficient (Wildman–Crippen LogP) is 3.08. The summed E-state index contributed by atoms with van der Waals surface area (Å²) in [7, 11) is -0.986. The van der Waals surface area contributed by atoms with Crippen molar-refractivity contribution in [1.29, 1.82) is 0 Å². The highest BCUT2D eigenvalue weighted by molar-refractivity contribution is 7.89. The van der Waals surface area contributed by atoms with Gasteiger partial charge in [0.1, 0.15) is 17.8 Å². The average Bonchev–Trinajstić information content (AvgIpc) is 3.38. The summed E-state index contributed by atoms with van der Waals surface area (Å²) >= 11 is 0. The van der Waals surface area contributed by atoms with Crippen molar-refractivity contribution in [3.05, 3.63) is 36.9 Å². The number of hydrogen-bond donors (Lipinski definition) is 4. The van der Waals surface area contributed by atoms with Crippen LogP contribution in [0.15, 0.2) is 41.8 Å². The van der Waals surface area contributed by atoms with Gasteiger partial charge in [0.25, 0.3) is 5.91 Å². The Morgan fingerprint density at radius 1 is 1.02 bits per heavy atom. The number of likely N-dealkylation sites (tertiary alicyclic amines) is 1. The number of sulfonamides is 1. The number of Topliss-reactive ketones (excluding diaryl/α,β-unsaturated/α-hetero) is 1. The SMILES string of the molecule is C=CCNC(=O)C(=O)C(CCC)NC(=O)[C@@H]1[C@@H]2[C@H](CN1C(=O)[C@@H](NC(=O)N[C@H](CN(C)S(=O)(=O)c1ccc(OC)cc1)C(C)(C)C)C(C)(C)C)C2(C)C. The van der Waals surface area contributed by atoms with Crippen LogP contribution in [0.1, 0.15) is 75.2 Å². The van der Waals surface area contributed by atoms with Gasteiger partial charge < -0.3 is 30.9 Å². The van der Waals surface area contributed by atoms with Crippen molar-refractivity contribution in [1.82, 2.24) is 30.5 Å². The van der Waals surface area contributed by atoms with Gasteiger partial charge in [0.2, 0.25) is 27.6 Å². The molecule has 53 heavy (non-hydrogen) atoms. The van der Waals surface area contributed by atoms with E-state index in [0.29, 0.717) is 12.2 Å². The Morgan fingerprint density at radius 2 is 1.62 bits per heavy atom. The summed E-state index contributed by atoms with van der Waals surface area (Å²) in [6.07, 6.45) is 2.22. The van der Waals surface area contributed by atoms with Crippen LogP contribution >= 0.6 is 0 Å². The van der Waals surface area contributed by atoms with Crippen LogP contribution in [0.25, 0.3) is 0 Å². The molecule has 5 amide bonds. The van der Waals surface area contributed by atoms with E-state index in [9.17, 15) is 32.4 Å². The Morgan fingerprint density at radius 3 is 2.13 bits per heavy atom. The van der Waals surface area contributed by atoms with E-state index in [1.54, 1.807) is 32.9 Å². The Bertz CT molecular complexity index is 1650. The number of carbonyl (C=O) groups is 5. The zero-order valence-electron chi connectivity index (χ0n) is 33.2. The van der Waals surface area contributed by atoms with Crippen LogP contribution in [0.4, 0.5) is 4.79 Å². The number of nitrogens with zero attached hydrogens (tertiary/aromatic N) is 2. The molecule has 3 rings (SSSR count). The summed E-state index contributed by atoms with van der Waals surface area (Å²) in [5.74, 6) is -2.21. The van der Waals surface area contributed by atoms with Crippen molar-refractivity contribution >= 4 is 39.6 Å². The minimum absolute atomic E-state index is 0.0290. The number of methoxy groups -OCH3 is 1. The van der Waals surface area contributed by atoms with Gasteiger partial charge in [-0.15, -0.1) is 6.58 Å². The van der Waals surface area contributed by atoms with Gasteiger partial charge in [0.15, 0.2) is 0 Å². The first kappa shape index (κ1) is 43.4. The molecular weight excluding hydrogens is 701 g/mol. The first-order chi connectivity index (χ1) is 24.4. The smallest absolute Gasteiger partial charge is 0.315 e. The van der Waals surface area contributed by atoms with E-state index in [0.717, 1.165) is 0 Å². The molecule has 0 bridgehead atoms. The number of ether oxygens (including phenoxy) is 1. The zero-order chi connectivity index (χ0) is 40.3. The molecule has 1 saturated carbocycles. The number of fused-ring (bicyclic) bond motifs is 1. The summed E-state index contributed by atoms with van der Waals surface area (Å²) in [4.78, 5) is 69.3. The number of likely N-dealkylation sites (N-methyl/N-ethyl adjacent to an activating group) is 1. The van der Waals surface area contributed by atoms with Gasteiger partial charge in [-0.05, 0) is 58.8 Å². The van der Waals surface area contributed by atoms with Crippen LogP contribution in [0.2, 0.25) is 0 Å². The van der Waals surface area contributed by atoms with Crippen molar-refractivity contribution in [2.45, 2.75) is 104 Å². The van der Waals surface area contributed by atoms with Gasteiger partial charge in [-0.1, -0.05) is 74.8 Å². The van der Waals surface area contributed by atoms with E-state index in [4.69, 9.17) is 4.74 Å². The Balaban J connectivity index is 1.83. The summed E-state index contributed by atoms with van der Waals surface area (Å²) in [6, 6.07) is 1.63. The normalized spacial score (nSPS) is 21.1. The second-order valence-corrected chi connectivity index (χ2v) is 18.9. The van der Waals surface area contributed by atoms with E-state index in [2.05, 4.69) is 27.8 Å². The summed E-state index contributed by atoms with van der Waals surface area (Å²) < 4.78 is 33.2. The fraction of sp³-hybridized carbons (Fsp3) is 0.658. The van der Waals surface area contributed by atoms with Gasteiger partial charge >= 0.3 is 6.03 Å². The van der Waals surface area contributed by atoms with Crippen molar-refractivity contribution < 1.29 is 37.1 Å². The fourth-order valence-electron chi connectivity index (χ4n) is 7.00. The molecular formula is C38H60N6O8S. The molecule has 1 unspecified atom stereocenters. The van der Waals surface area contributed by atoms with Crippen LogP contribution in [0.3, 0.4) is 0 Å². The monoisotopic (exact) mass is 760 g/mol. The van der Waals surface area contributed by atoms with Crippen LogP contribution < -0.4 is 26.0 Å². The van der Waals surface area contributed by atoms with Gasteiger partial charge in [-0.25, -0.2) is 13.2 Å². The Hall–Kier alpha value is -3.98. The molecule has 4 N–H and O–H groups in total. The minimum atomic E-state index is -3.92. The summed E-state index contributed by atoms with van der Waals surface area (Å²) in [5.41, 5.74) is -1.62. The van der Waals surface area contributed by atoms with Gasteiger partial charge in [0, 0.05) is 32.7 Å². The summed E-state index contributed by atoms with van der Waals surface area (Å²) in [6.45, 7) is 20.8. The number of benzene rings is 1. The first-order valence-electron chi connectivity index (χ1n) is 18.1. The number of rotatable bonds is 16. The number of urea groups is 1. The highest BCUT2D eigenvalue weighted by atomic mass is 32.2. The van der Waals surface area contributed by atoms with Gasteiger partial charge in [0.05, 0.1) is 18.0 Å². The number of nitrogens with one attached hydrogen (secondary N) is 4. The molecule has 0 spiro atoms. The largest absolute Gasteiger partial charge is 0.497 e. The van der Waals surface area contributed by atoms with E-state index >= 15 is 0 Å². The number of ketones is 1. The molecule has 1 aromatic rings. The van der Waals surface area contributed by atoms with Crippen molar-refractivity contribution in [3.8, 4) is 5.75 Å². The lowest BCUT2D eigenvalue weighted by Gasteiger charge is -2.39. The zero-order valence-corrected chi connectivity index (χ0v) is 34.0. The Kier molecular flexibility index (Phi) is 13.6. The van der Waals surface area contributed by atoms with Crippen LogP contribution in [-0.2, 0) is 29.2 Å². The molecule has 14 nitrogen and oxygen atoms in total.